The quantitative estimate of drug-likeness (QED) is 0.618. The van der Waals surface area contributed by atoms with Gasteiger partial charge in [0.05, 0.1) is 0 Å². The summed E-state index contributed by atoms with van der Waals surface area (Å²) >= 11 is 0. The van der Waals surface area contributed by atoms with Gasteiger partial charge >= 0.3 is 5.79 Å². The van der Waals surface area contributed by atoms with Crippen molar-refractivity contribution in [3.05, 3.63) is 71.8 Å². The molecule has 0 fully saturated rings. The van der Waals surface area contributed by atoms with Crippen LogP contribution in [0.5, 0.6) is 0 Å². The van der Waals surface area contributed by atoms with E-state index >= 15 is 0 Å². The van der Waals surface area contributed by atoms with E-state index in [9.17, 15) is 0 Å². The molecule has 0 heterocycles. The zero-order valence-electron chi connectivity index (χ0n) is 9.98. The normalized spacial score (nSPS) is 10.0. The Morgan fingerprint density at radius 1 is 0.684 bits per heavy atom. The van der Waals surface area contributed by atoms with Gasteiger partial charge in [0.2, 0.25) is 0 Å². The van der Waals surface area contributed by atoms with Crippen LogP contribution < -0.4 is 0 Å². The molecular formula is C15H10N2O2. The number of benzene rings is 2. The molecule has 2 aromatic rings. The third-order valence-corrected chi connectivity index (χ3v) is 2.69. The molecule has 0 radical (unpaired) electrons. The Hall–Kier alpha value is -2.98. The molecule has 0 unspecified atom stereocenters. The molecule has 92 valence electrons. The molecule has 0 aliphatic rings. The zero-order chi connectivity index (χ0) is 13.6. The largest absolute Gasteiger partial charge is 0.372 e. The van der Waals surface area contributed by atoms with E-state index in [1.165, 1.54) is 0 Å². The van der Waals surface area contributed by atoms with Gasteiger partial charge in [0.1, 0.15) is 0 Å². The first-order chi connectivity index (χ1) is 9.33. The number of nitrogens with zero attached hydrogens (tertiary/aromatic N) is 2. The Balaban J connectivity index is 2.62. The summed E-state index contributed by atoms with van der Waals surface area (Å²) in [5, 5.41) is 17.8. The Morgan fingerprint density at radius 2 is 1.05 bits per heavy atom. The topological polar surface area (TPSA) is 66.0 Å². The van der Waals surface area contributed by atoms with Crippen molar-refractivity contribution in [1.29, 1.82) is 10.5 Å². The third kappa shape index (κ3) is 2.34. The second-order valence-corrected chi connectivity index (χ2v) is 3.74. The summed E-state index contributed by atoms with van der Waals surface area (Å²) in [6.45, 7) is 0. The monoisotopic (exact) mass is 250 g/mol. The second kappa shape index (κ2) is 5.57. The van der Waals surface area contributed by atoms with Gasteiger partial charge in [-0.3, -0.25) is 0 Å². The van der Waals surface area contributed by atoms with E-state index in [4.69, 9.17) is 20.0 Å². The SMILES string of the molecule is N#COC(OC#N)(c1ccccc1)c1ccccc1. The maximum Gasteiger partial charge on any atom is 0.327 e. The highest BCUT2D eigenvalue weighted by Gasteiger charge is 2.39. The first-order valence-corrected chi connectivity index (χ1v) is 5.59. The molecule has 0 aromatic heterocycles. The summed E-state index contributed by atoms with van der Waals surface area (Å²) in [6.07, 6.45) is 3.23. The van der Waals surface area contributed by atoms with Crippen molar-refractivity contribution in [1.82, 2.24) is 0 Å². The predicted molar refractivity (Wildman–Crippen MR) is 67.1 cm³/mol. The molecular weight excluding hydrogens is 240 g/mol. The van der Waals surface area contributed by atoms with Gasteiger partial charge in [-0.25, -0.2) is 0 Å². The Morgan fingerprint density at radius 3 is 1.37 bits per heavy atom. The molecule has 0 bridgehead atoms. The van der Waals surface area contributed by atoms with Gasteiger partial charge in [0, 0.05) is 11.1 Å². The Kier molecular flexibility index (Phi) is 3.66. The molecule has 4 heteroatoms. The van der Waals surface area contributed by atoms with Crippen LogP contribution in [0, 0.1) is 23.0 Å². The molecule has 0 atom stereocenters. The van der Waals surface area contributed by atoms with E-state index in [0.29, 0.717) is 11.1 Å². The van der Waals surface area contributed by atoms with Crippen molar-refractivity contribution in [2.75, 3.05) is 0 Å². The summed E-state index contributed by atoms with van der Waals surface area (Å²) in [4.78, 5) is 0. The first-order valence-electron chi connectivity index (χ1n) is 5.59. The Bertz CT molecular complexity index is 555. The molecule has 2 rings (SSSR count). The highest BCUT2D eigenvalue weighted by Crippen LogP contribution is 2.34. The fourth-order valence-corrected chi connectivity index (χ4v) is 1.87. The molecule has 0 saturated heterocycles. The van der Waals surface area contributed by atoms with Crippen LogP contribution in [0.2, 0.25) is 0 Å². The molecule has 0 spiro atoms. The zero-order valence-corrected chi connectivity index (χ0v) is 9.98. The van der Waals surface area contributed by atoms with Crippen molar-refractivity contribution in [3.63, 3.8) is 0 Å². The lowest BCUT2D eigenvalue weighted by atomic mass is 9.97. The van der Waals surface area contributed by atoms with Crippen LogP contribution in [0.3, 0.4) is 0 Å². The van der Waals surface area contributed by atoms with Gasteiger partial charge in [-0.05, 0) is 0 Å². The number of rotatable bonds is 4. The summed E-state index contributed by atoms with van der Waals surface area (Å²) in [5.41, 5.74) is 1.15. The summed E-state index contributed by atoms with van der Waals surface area (Å²) in [6, 6.07) is 17.8. The first kappa shape index (κ1) is 12.5. The van der Waals surface area contributed by atoms with Crippen LogP contribution in [-0.2, 0) is 15.3 Å². The van der Waals surface area contributed by atoms with Crippen LogP contribution in [0.1, 0.15) is 11.1 Å². The molecule has 0 saturated carbocycles. The molecule has 0 aliphatic carbocycles. The lowest BCUT2D eigenvalue weighted by Gasteiger charge is -2.28. The standard InChI is InChI=1S/C15H10N2O2/c16-11-18-15(19-12-17,13-7-3-1-4-8-13)14-9-5-2-6-10-14/h1-10H. The fourth-order valence-electron chi connectivity index (χ4n) is 1.87. The van der Waals surface area contributed by atoms with E-state index in [1.54, 1.807) is 61.0 Å². The van der Waals surface area contributed by atoms with E-state index in [0.717, 1.165) is 0 Å². The molecule has 2 aromatic carbocycles. The highest BCUT2D eigenvalue weighted by molar-refractivity contribution is 5.34. The third-order valence-electron chi connectivity index (χ3n) is 2.69. The minimum Gasteiger partial charge on any atom is -0.372 e. The van der Waals surface area contributed by atoms with Gasteiger partial charge in [-0.2, -0.15) is 10.5 Å². The number of nitriles is 2. The summed E-state index contributed by atoms with van der Waals surface area (Å²) < 4.78 is 10.2. The molecule has 0 amide bonds. The lowest BCUT2D eigenvalue weighted by Crippen LogP contribution is -2.31. The van der Waals surface area contributed by atoms with E-state index < -0.39 is 5.79 Å². The number of ether oxygens (including phenoxy) is 2. The second-order valence-electron chi connectivity index (χ2n) is 3.74. The van der Waals surface area contributed by atoms with Crippen molar-refractivity contribution in [2.24, 2.45) is 0 Å². The average molecular weight is 250 g/mol. The van der Waals surface area contributed by atoms with Gasteiger partial charge in [0.25, 0.3) is 12.5 Å². The van der Waals surface area contributed by atoms with Crippen LogP contribution >= 0.6 is 0 Å². The van der Waals surface area contributed by atoms with E-state index in [1.807, 2.05) is 12.1 Å². The average Bonchev–Trinajstić information content (AvgIpc) is 2.49. The molecule has 4 nitrogen and oxygen atoms in total. The van der Waals surface area contributed by atoms with E-state index in [2.05, 4.69) is 0 Å². The number of hydrogen-bond acceptors (Lipinski definition) is 4. The van der Waals surface area contributed by atoms with E-state index in [-0.39, 0.29) is 0 Å². The highest BCUT2D eigenvalue weighted by atomic mass is 16.7. The summed E-state index contributed by atoms with van der Waals surface area (Å²) in [7, 11) is 0. The van der Waals surface area contributed by atoms with Gasteiger partial charge in [0.15, 0.2) is 0 Å². The Labute approximate surface area is 111 Å². The predicted octanol–water partition coefficient (Wildman–Crippen LogP) is 2.88. The number of hydrogen-bond donors (Lipinski definition) is 0. The van der Waals surface area contributed by atoms with Crippen molar-refractivity contribution < 1.29 is 9.47 Å². The smallest absolute Gasteiger partial charge is 0.327 e. The minimum absolute atomic E-state index is 0.573. The van der Waals surface area contributed by atoms with Crippen LogP contribution in [-0.4, -0.2) is 0 Å². The van der Waals surface area contributed by atoms with Gasteiger partial charge < -0.3 is 9.47 Å². The van der Waals surface area contributed by atoms with Crippen LogP contribution in [0.4, 0.5) is 0 Å². The summed E-state index contributed by atoms with van der Waals surface area (Å²) in [5.74, 6) is -1.54. The lowest BCUT2D eigenvalue weighted by molar-refractivity contribution is -0.131. The van der Waals surface area contributed by atoms with Crippen LogP contribution in [0.25, 0.3) is 0 Å². The molecule has 0 aliphatic heterocycles. The molecule has 19 heavy (non-hydrogen) atoms. The minimum atomic E-state index is -1.54. The van der Waals surface area contributed by atoms with Crippen LogP contribution in [0.15, 0.2) is 60.7 Å². The van der Waals surface area contributed by atoms with Gasteiger partial charge in [-0.15, -0.1) is 0 Å². The van der Waals surface area contributed by atoms with Crippen molar-refractivity contribution in [2.45, 2.75) is 5.79 Å². The van der Waals surface area contributed by atoms with Crippen molar-refractivity contribution in [3.8, 4) is 12.5 Å². The maximum atomic E-state index is 8.89. The fraction of sp³-hybridized carbons (Fsp3) is 0.0667. The molecule has 0 N–H and O–H groups in total. The van der Waals surface area contributed by atoms with Crippen molar-refractivity contribution >= 4 is 0 Å². The maximum absolute atomic E-state index is 8.89. The van der Waals surface area contributed by atoms with Gasteiger partial charge in [-0.1, -0.05) is 60.7 Å².